The van der Waals surface area contributed by atoms with Gasteiger partial charge in [-0.05, 0) is 11.6 Å². The monoisotopic (exact) mass is 300 g/mol. The van der Waals surface area contributed by atoms with Crippen molar-refractivity contribution in [3.8, 4) is 11.5 Å². The summed E-state index contributed by atoms with van der Waals surface area (Å²) >= 11 is 6.43. The first kappa shape index (κ1) is 15.4. The van der Waals surface area contributed by atoms with Gasteiger partial charge in [-0.3, -0.25) is 4.90 Å². The van der Waals surface area contributed by atoms with E-state index in [0.29, 0.717) is 16.5 Å². The van der Waals surface area contributed by atoms with Crippen LogP contribution in [0.2, 0.25) is 5.02 Å². The molecule has 1 aromatic rings. The lowest BCUT2D eigenvalue weighted by atomic mass is 10.0. The maximum Gasteiger partial charge on any atom is 0.179 e. The molecule has 0 radical (unpaired) electrons. The molecule has 2 rings (SSSR count). The zero-order valence-electron chi connectivity index (χ0n) is 11.9. The Labute approximate surface area is 124 Å². The number of nitrogens with one attached hydrogen (secondary N) is 1. The van der Waals surface area contributed by atoms with Crippen molar-refractivity contribution >= 4 is 11.6 Å². The molecule has 5 nitrogen and oxygen atoms in total. The maximum atomic E-state index is 9.75. The van der Waals surface area contributed by atoms with E-state index in [2.05, 4.69) is 10.2 Å². The maximum absolute atomic E-state index is 9.75. The van der Waals surface area contributed by atoms with Gasteiger partial charge in [-0.15, -0.1) is 0 Å². The van der Waals surface area contributed by atoms with Crippen molar-refractivity contribution in [2.24, 2.45) is 0 Å². The van der Waals surface area contributed by atoms with E-state index in [1.165, 1.54) is 0 Å². The number of piperazine rings is 1. The molecule has 0 saturated carbocycles. The number of halogens is 1. The fourth-order valence-electron chi connectivity index (χ4n) is 2.57. The molecule has 1 saturated heterocycles. The first-order valence-electron chi connectivity index (χ1n) is 6.69. The highest BCUT2D eigenvalue weighted by molar-refractivity contribution is 6.33. The standard InChI is InChI=1S/C14H21ClN2O3/c1-19-12-4-3-10(13(15)14(12)20-2)11(9-18)17-7-5-16-6-8-17/h3-4,11,16,18H,5-9H2,1-2H3. The SMILES string of the molecule is COc1ccc(C(CO)N2CCNCC2)c(Cl)c1OC. The van der Waals surface area contributed by atoms with Crippen LogP contribution in [0.4, 0.5) is 0 Å². The highest BCUT2D eigenvalue weighted by Gasteiger charge is 2.25. The van der Waals surface area contributed by atoms with Gasteiger partial charge in [-0.1, -0.05) is 17.7 Å². The van der Waals surface area contributed by atoms with Crippen LogP contribution in [-0.4, -0.2) is 57.0 Å². The van der Waals surface area contributed by atoms with Gasteiger partial charge in [-0.25, -0.2) is 0 Å². The lowest BCUT2D eigenvalue weighted by Crippen LogP contribution is -2.46. The molecule has 0 aliphatic carbocycles. The number of aliphatic hydroxyl groups excluding tert-OH is 1. The minimum absolute atomic E-state index is 0.0230. The van der Waals surface area contributed by atoms with Crippen LogP contribution < -0.4 is 14.8 Å². The average Bonchev–Trinajstić information content (AvgIpc) is 2.50. The van der Waals surface area contributed by atoms with Crippen LogP contribution in [0, 0.1) is 0 Å². The van der Waals surface area contributed by atoms with Gasteiger partial charge in [0.15, 0.2) is 11.5 Å². The largest absolute Gasteiger partial charge is 0.493 e. The van der Waals surface area contributed by atoms with Crippen molar-refractivity contribution < 1.29 is 14.6 Å². The van der Waals surface area contributed by atoms with Crippen molar-refractivity contribution in [1.29, 1.82) is 0 Å². The molecule has 1 aliphatic rings. The third kappa shape index (κ3) is 3.01. The van der Waals surface area contributed by atoms with E-state index < -0.39 is 0 Å². The van der Waals surface area contributed by atoms with E-state index in [1.807, 2.05) is 12.1 Å². The van der Waals surface area contributed by atoms with Crippen molar-refractivity contribution in [1.82, 2.24) is 10.2 Å². The fourth-order valence-corrected chi connectivity index (χ4v) is 2.93. The molecule has 2 N–H and O–H groups in total. The molecule has 0 spiro atoms. The lowest BCUT2D eigenvalue weighted by Gasteiger charge is -2.34. The van der Waals surface area contributed by atoms with E-state index >= 15 is 0 Å². The summed E-state index contributed by atoms with van der Waals surface area (Å²) < 4.78 is 10.6. The van der Waals surface area contributed by atoms with E-state index in [4.69, 9.17) is 21.1 Å². The minimum Gasteiger partial charge on any atom is -0.493 e. The Morgan fingerprint density at radius 2 is 2.00 bits per heavy atom. The number of ether oxygens (including phenoxy) is 2. The summed E-state index contributed by atoms with van der Waals surface area (Å²) in [5, 5.41) is 13.6. The number of rotatable bonds is 5. The van der Waals surface area contributed by atoms with E-state index in [1.54, 1.807) is 14.2 Å². The summed E-state index contributed by atoms with van der Waals surface area (Å²) in [5.41, 5.74) is 0.869. The van der Waals surface area contributed by atoms with Gasteiger partial charge >= 0.3 is 0 Å². The van der Waals surface area contributed by atoms with Gasteiger partial charge in [0.1, 0.15) is 0 Å². The topological polar surface area (TPSA) is 54.0 Å². The molecule has 20 heavy (non-hydrogen) atoms. The Morgan fingerprint density at radius 1 is 1.30 bits per heavy atom. The molecule has 0 bridgehead atoms. The number of hydrogen-bond donors (Lipinski definition) is 2. The number of benzene rings is 1. The third-order valence-electron chi connectivity index (χ3n) is 3.64. The Bertz CT molecular complexity index is 450. The zero-order chi connectivity index (χ0) is 14.5. The first-order chi connectivity index (χ1) is 9.72. The van der Waals surface area contributed by atoms with Crippen molar-refractivity contribution in [2.75, 3.05) is 47.0 Å². The second kappa shape index (κ2) is 7.13. The molecule has 1 atom stereocenters. The molecule has 1 fully saturated rings. The van der Waals surface area contributed by atoms with Crippen molar-refractivity contribution in [3.63, 3.8) is 0 Å². The van der Waals surface area contributed by atoms with Crippen LogP contribution >= 0.6 is 11.6 Å². The third-order valence-corrected chi connectivity index (χ3v) is 4.03. The summed E-state index contributed by atoms with van der Waals surface area (Å²) in [7, 11) is 3.14. The molecule has 0 amide bonds. The van der Waals surface area contributed by atoms with Crippen LogP contribution in [0.1, 0.15) is 11.6 Å². The van der Waals surface area contributed by atoms with Gasteiger partial charge in [0.25, 0.3) is 0 Å². The predicted octanol–water partition coefficient (Wildman–Crippen LogP) is 1.30. The normalized spacial score (nSPS) is 17.8. The van der Waals surface area contributed by atoms with Crippen LogP contribution in [0.25, 0.3) is 0 Å². The van der Waals surface area contributed by atoms with Crippen LogP contribution in [0.5, 0.6) is 11.5 Å². The second-order valence-electron chi connectivity index (χ2n) is 4.69. The molecular weight excluding hydrogens is 280 g/mol. The molecule has 1 unspecified atom stereocenters. The summed E-state index contributed by atoms with van der Waals surface area (Å²) in [6.07, 6.45) is 0. The van der Waals surface area contributed by atoms with Crippen LogP contribution in [0.15, 0.2) is 12.1 Å². The molecular formula is C14H21ClN2O3. The Balaban J connectivity index is 2.34. The molecule has 1 aromatic carbocycles. The summed E-state index contributed by atoms with van der Waals surface area (Å²) in [6, 6.07) is 3.60. The van der Waals surface area contributed by atoms with Crippen LogP contribution in [0.3, 0.4) is 0 Å². The second-order valence-corrected chi connectivity index (χ2v) is 5.07. The van der Waals surface area contributed by atoms with Crippen molar-refractivity contribution in [3.05, 3.63) is 22.7 Å². The molecule has 112 valence electrons. The molecule has 0 aromatic heterocycles. The van der Waals surface area contributed by atoms with Gasteiger partial charge in [0, 0.05) is 26.2 Å². The average molecular weight is 301 g/mol. The van der Waals surface area contributed by atoms with E-state index in [0.717, 1.165) is 31.7 Å². The summed E-state index contributed by atoms with van der Waals surface area (Å²) in [5.74, 6) is 1.11. The summed E-state index contributed by atoms with van der Waals surface area (Å²) in [4.78, 5) is 2.23. The van der Waals surface area contributed by atoms with Crippen molar-refractivity contribution in [2.45, 2.75) is 6.04 Å². The molecule has 1 heterocycles. The van der Waals surface area contributed by atoms with Gasteiger partial charge < -0.3 is 19.9 Å². The quantitative estimate of drug-likeness (QED) is 0.858. The predicted molar refractivity (Wildman–Crippen MR) is 78.8 cm³/mol. The van der Waals surface area contributed by atoms with E-state index in [9.17, 15) is 5.11 Å². The highest BCUT2D eigenvalue weighted by atomic mass is 35.5. The van der Waals surface area contributed by atoms with E-state index in [-0.39, 0.29) is 12.6 Å². The fraction of sp³-hybridized carbons (Fsp3) is 0.571. The highest BCUT2D eigenvalue weighted by Crippen LogP contribution is 2.40. The number of nitrogens with zero attached hydrogens (tertiary/aromatic N) is 1. The molecule has 1 aliphatic heterocycles. The Hall–Kier alpha value is -1.01. The van der Waals surface area contributed by atoms with Gasteiger partial charge in [-0.2, -0.15) is 0 Å². The number of hydrogen-bond acceptors (Lipinski definition) is 5. The zero-order valence-corrected chi connectivity index (χ0v) is 12.6. The molecule has 6 heteroatoms. The Morgan fingerprint density at radius 3 is 2.55 bits per heavy atom. The first-order valence-corrected chi connectivity index (χ1v) is 7.06. The van der Waals surface area contributed by atoms with Crippen LogP contribution in [-0.2, 0) is 0 Å². The number of methoxy groups -OCH3 is 2. The summed E-state index contributed by atoms with van der Waals surface area (Å²) in [6.45, 7) is 3.63. The minimum atomic E-state index is -0.121. The smallest absolute Gasteiger partial charge is 0.179 e. The Kier molecular flexibility index (Phi) is 5.48. The van der Waals surface area contributed by atoms with Gasteiger partial charge in [0.2, 0.25) is 0 Å². The van der Waals surface area contributed by atoms with Gasteiger partial charge in [0.05, 0.1) is 31.9 Å². The lowest BCUT2D eigenvalue weighted by molar-refractivity contribution is 0.110. The number of aliphatic hydroxyl groups is 1.